The Morgan fingerprint density at radius 3 is 2.54 bits per heavy atom. The molecular formula is C26H35N3O10. The second-order valence-electron chi connectivity index (χ2n) is 9.85. The van der Waals surface area contributed by atoms with Crippen molar-refractivity contribution in [2.45, 2.75) is 82.1 Å². The largest absolute Gasteiger partial charge is 0.465 e. The zero-order chi connectivity index (χ0) is 27.9. The highest BCUT2D eigenvalue weighted by Crippen LogP contribution is 2.31. The molecule has 3 saturated heterocycles. The molecule has 0 aliphatic carbocycles. The van der Waals surface area contributed by atoms with E-state index >= 15 is 0 Å². The van der Waals surface area contributed by atoms with Gasteiger partial charge in [-0.05, 0) is 45.1 Å². The van der Waals surface area contributed by atoms with E-state index < -0.39 is 59.6 Å². The zero-order valence-electron chi connectivity index (χ0n) is 22.1. The molecule has 0 spiro atoms. The van der Waals surface area contributed by atoms with Crippen molar-refractivity contribution in [3.8, 4) is 0 Å². The fraction of sp³-hybridized carbons (Fsp3) is 0.654. The van der Waals surface area contributed by atoms with Crippen molar-refractivity contribution < 1.29 is 43.3 Å². The van der Waals surface area contributed by atoms with Crippen LogP contribution < -0.4 is 5.32 Å². The number of fused-ring (bicyclic) bond motifs is 1. The highest BCUT2D eigenvalue weighted by Gasteiger charge is 2.52. The number of likely N-dealkylation sites (tertiary alicyclic amines) is 1. The lowest BCUT2D eigenvalue weighted by Crippen LogP contribution is -2.54. The summed E-state index contributed by atoms with van der Waals surface area (Å²) in [4.78, 5) is 55.9. The Labute approximate surface area is 226 Å². The van der Waals surface area contributed by atoms with Crippen LogP contribution in [-0.4, -0.2) is 96.7 Å². The Hall–Kier alpha value is -3.29. The first-order chi connectivity index (χ1) is 18.8. The van der Waals surface area contributed by atoms with Gasteiger partial charge in [0.1, 0.15) is 24.3 Å². The topological polar surface area (TPSA) is 156 Å². The maximum absolute atomic E-state index is 13.4. The van der Waals surface area contributed by atoms with Gasteiger partial charge in [0.2, 0.25) is 5.91 Å². The number of esters is 2. The van der Waals surface area contributed by atoms with Gasteiger partial charge in [0.15, 0.2) is 12.2 Å². The van der Waals surface area contributed by atoms with E-state index in [1.54, 1.807) is 13.8 Å². The standard InChI is InChI=1S/C26H35N3O10/c1-3-35-25(31)18(12-11-17-8-5-4-6-9-17)27-16(2)24(30)28-13-7-10-19(28)26(32)38-20-14-36-23-21(39-29(33)34)15-37-22(20)23/h4-6,8-9,16,18-23,27H,3,7,10-15H2,1-2H3/t16-,18-,19-,20+,21+,22-,23-/m0/s1. The predicted molar refractivity (Wildman–Crippen MR) is 134 cm³/mol. The number of rotatable bonds is 12. The Balaban J connectivity index is 1.33. The highest BCUT2D eigenvalue weighted by atomic mass is 17.0. The molecule has 7 atom stereocenters. The van der Waals surface area contributed by atoms with Crippen molar-refractivity contribution in [2.24, 2.45) is 0 Å². The number of nitrogens with zero attached hydrogens (tertiary/aromatic N) is 2. The molecule has 1 aromatic rings. The first kappa shape index (κ1) is 28.7. The molecule has 13 nitrogen and oxygen atoms in total. The van der Waals surface area contributed by atoms with Gasteiger partial charge in [0.05, 0.1) is 25.9 Å². The van der Waals surface area contributed by atoms with Crippen LogP contribution in [0.25, 0.3) is 0 Å². The fourth-order valence-corrected chi connectivity index (χ4v) is 5.32. The second kappa shape index (κ2) is 13.2. The van der Waals surface area contributed by atoms with Crippen LogP contribution in [-0.2, 0) is 44.6 Å². The summed E-state index contributed by atoms with van der Waals surface area (Å²) < 4.78 is 22.0. The van der Waals surface area contributed by atoms with Gasteiger partial charge in [-0.3, -0.25) is 14.9 Å². The second-order valence-corrected chi connectivity index (χ2v) is 9.85. The minimum atomic E-state index is -0.898. The number of hydrogen-bond acceptors (Lipinski definition) is 11. The Morgan fingerprint density at radius 2 is 1.85 bits per heavy atom. The lowest BCUT2D eigenvalue weighted by molar-refractivity contribution is -0.769. The smallest absolute Gasteiger partial charge is 0.329 e. The van der Waals surface area contributed by atoms with Crippen LogP contribution in [0, 0.1) is 10.1 Å². The monoisotopic (exact) mass is 549 g/mol. The van der Waals surface area contributed by atoms with Crippen LogP contribution in [0.5, 0.6) is 0 Å². The molecule has 214 valence electrons. The number of amides is 1. The summed E-state index contributed by atoms with van der Waals surface area (Å²) in [5, 5.41) is 12.9. The lowest BCUT2D eigenvalue weighted by atomic mass is 10.0. The molecule has 4 rings (SSSR count). The van der Waals surface area contributed by atoms with E-state index in [1.807, 2.05) is 30.3 Å². The third-order valence-electron chi connectivity index (χ3n) is 7.22. The van der Waals surface area contributed by atoms with E-state index in [0.29, 0.717) is 32.2 Å². The molecule has 0 bridgehead atoms. The van der Waals surface area contributed by atoms with Gasteiger partial charge in [-0.1, -0.05) is 30.3 Å². The summed E-state index contributed by atoms with van der Waals surface area (Å²) in [7, 11) is 0. The third-order valence-corrected chi connectivity index (χ3v) is 7.22. The minimum Gasteiger partial charge on any atom is -0.465 e. The number of aryl methyl sites for hydroxylation is 1. The van der Waals surface area contributed by atoms with E-state index in [1.165, 1.54) is 4.90 Å². The van der Waals surface area contributed by atoms with Crippen molar-refractivity contribution in [1.29, 1.82) is 0 Å². The van der Waals surface area contributed by atoms with Crippen LogP contribution in [0.3, 0.4) is 0 Å². The molecule has 1 amide bonds. The number of ether oxygens (including phenoxy) is 4. The van der Waals surface area contributed by atoms with Crippen LogP contribution in [0.15, 0.2) is 30.3 Å². The first-order valence-electron chi connectivity index (χ1n) is 13.3. The molecular weight excluding hydrogens is 514 g/mol. The quantitative estimate of drug-likeness (QED) is 0.224. The number of nitrogens with one attached hydrogen (secondary N) is 1. The molecule has 13 heteroatoms. The summed E-state index contributed by atoms with van der Waals surface area (Å²) in [6, 6.07) is 7.48. The molecule has 3 aliphatic heterocycles. The predicted octanol–water partition coefficient (Wildman–Crippen LogP) is 0.806. The Bertz CT molecular complexity index is 1020. The summed E-state index contributed by atoms with van der Waals surface area (Å²) in [5.41, 5.74) is 1.07. The Morgan fingerprint density at radius 1 is 1.15 bits per heavy atom. The molecule has 1 aromatic carbocycles. The lowest BCUT2D eigenvalue weighted by Gasteiger charge is -2.29. The van der Waals surface area contributed by atoms with Crippen molar-refractivity contribution in [1.82, 2.24) is 10.2 Å². The molecule has 39 heavy (non-hydrogen) atoms. The molecule has 0 radical (unpaired) electrons. The number of benzene rings is 1. The van der Waals surface area contributed by atoms with Crippen molar-refractivity contribution in [3.05, 3.63) is 46.0 Å². The zero-order valence-corrected chi connectivity index (χ0v) is 22.1. The average Bonchev–Trinajstić information content (AvgIpc) is 3.65. The van der Waals surface area contributed by atoms with Gasteiger partial charge in [0.25, 0.3) is 5.09 Å². The van der Waals surface area contributed by atoms with Gasteiger partial charge in [0, 0.05) is 6.54 Å². The molecule has 3 aliphatic rings. The van der Waals surface area contributed by atoms with E-state index in [4.69, 9.17) is 18.9 Å². The van der Waals surface area contributed by atoms with Crippen LogP contribution in [0.2, 0.25) is 0 Å². The number of hydrogen-bond donors (Lipinski definition) is 1. The molecule has 0 saturated carbocycles. The number of carbonyl (C=O) groups excluding carboxylic acids is 3. The maximum atomic E-state index is 13.4. The maximum Gasteiger partial charge on any atom is 0.329 e. The normalized spacial score (nSPS) is 27.4. The van der Waals surface area contributed by atoms with Crippen LogP contribution in [0.4, 0.5) is 0 Å². The summed E-state index contributed by atoms with van der Waals surface area (Å²) >= 11 is 0. The summed E-state index contributed by atoms with van der Waals surface area (Å²) in [5.74, 6) is -1.34. The van der Waals surface area contributed by atoms with Crippen molar-refractivity contribution in [3.63, 3.8) is 0 Å². The Kier molecular flexibility index (Phi) is 9.70. The van der Waals surface area contributed by atoms with Crippen molar-refractivity contribution in [2.75, 3.05) is 26.4 Å². The molecule has 0 aromatic heterocycles. The molecule has 1 N–H and O–H groups in total. The SMILES string of the molecule is CCOC(=O)[C@H](CCc1ccccc1)N[C@@H](C)C(=O)N1CCC[C@H]1C(=O)O[C@@H]1CO[C@@H]2[C@H]1OC[C@H]2O[N+](=O)[O-]. The minimum absolute atomic E-state index is 0.0138. The summed E-state index contributed by atoms with van der Waals surface area (Å²) in [6.45, 7) is 3.95. The van der Waals surface area contributed by atoms with Gasteiger partial charge in [-0.2, -0.15) is 0 Å². The van der Waals surface area contributed by atoms with Crippen LogP contribution >= 0.6 is 0 Å². The fourth-order valence-electron chi connectivity index (χ4n) is 5.32. The van der Waals surface area contributed by atoms with Gasteiger partial charge in [-0.25, -0.2) is 4.79 Å². The van der Waals surface area contributed by atoms with Crippen molar-refractivity contribution >= 4 is 17.8 Å². The first-order valence-corrected chi connectivity index (χ1v) is 13.3. The van der Waals surface area contributed by atoms with E-state index in [9.17, 15) is 24.5 Å². The van der Waals surface area contributed by atoms with E-state index in [2.05, 4.69) is 10.2 Å². The molecule has 3 fully saturated rings. The van der Waals surface area contributed by atoms with Gasteiger partial charge in [-0.15, -0.1) is 10.1 Å². The van der Waals surface area contributed by atoms with Gasteiger partial charge < -0.3 is 28.7 Å². The average molecular weight is 550 g/mol. The molecule has 3 heterocycles. The molecule has 0 unspecified atom stereocenters. The van der Waals surface area contributed by atoms with E-state index in [0.717, 1.165) is 5.56 Å². The van der Waals surface area contributed by atoms with Gasteiger partial charge >= 0.3 is 11.9 Å². The van der Waals surface area contributed by atoms with Crippen LogP contribution in [0.1, 0.15) is 38.7 Å². The number of carbonyl (C=O) groups is 3. The highest BCUT2D eigenvalue weighted by molar-refractivity contribution is 5.88. The third kappa shape index (κ3) is 7.02. The van der Waals surface area contributed by atoms with E-state index in [-0.39, 0.29) is 25.7 Å². The summed E-state index contributed by atoms with van der Waals surface area (Å²) in [6.07, 6.45) is -0.927.